The number of nitrogens with zero attached hydrogens (tertiary/aromatic N) is 4. The molecule has 8 rings (SSSR count). The molecule has 2 aromatic heterocycles. The first-order chi connectivity index (χ1) is 20.7. The zero-order valence-electron chi connectivity index (χ0n) is 22.5. The number of aromatic nitrogens is 3. The van der Waals surface area contributed by atoms with Crippen LogP contribution in [0.3, 0.4) is 0 Å². The third-order valence-corrected chi connectivity index (χ3v) is 7.96. The summed E-state index contributed by atoms with van der Waals surface area (Å²) in [6.45, 7) is 0. The average molecular weight is 535 g/mol. The molecule has 8 aromatic rings. The minimum atomic E-state index is 0.603. The molecule has 4 heteroatoms. The molecule has 42 heavy (non-hydrogen) atoms. The molecule has 2 heterocycles. The van der Waals surface area contributed by atoms with E-state index in [0.29, 0.717) is 11.4 Å². The second-order valence-corrected chi connectivity index (χ2v) is 10.4. The van der Waals surface area contributed by atoms with Crippen LogP contribution in [0.15, 0.2) is 134 Å². The summed E-state index contributed by atoms with van der Waals surface area (Å²) in [5.41, 5.74) is 7.32. The van der Waals surface area contributed by atoms with Crippen molar-refractivity contribution in [1.82, 2.24) is 15.0 Å². The number of rotatable bonds is 4. The minimum absolute atomic E-state index is 0.603. The summed E-state index contributed by atoms with van der Waals surface area (Å²) in [5, 5.41) is 16.7. The van der Waals surface area contributed by atoms with Crippen LogP contribution in [0.5, 0.6) is 0 Å². The Bertz CT molecular complexity index is 2280. The van der Waals surface area contributed by atoms with Gasteiger partial charge in [-0.25, -0.2) is 9.97 Å². The SMILES string of the molecule is N#Cc1ccc(-c2nc(-c3cccc(-c4cccnc4)c3)cc(-c3ccc4ccc5cccc6ccc3c4c56)n2)cc1. The molecule has 0 aliphatic rings. The fourth-order valence-electron chi connectivity index (χ4n) is 5.91. The van der Waals surface area contributed by atoms with E-state index < -0.39 is 0 Å². The topological polar surface area (TPSA) is 62.5 Å². The van der Waals surface area contributed by atoms with E-state index in [1.165, 1.54) is 26.9 Å². The van der Waals surface area contributed by atoms with E-state index in [1.54, 1.807) is 6.20 Å². The maximum Gasteiger partial charge on any atom is 0.160 e. The van der Waals surface area contributed by atoms with Gasteiger partial charge in [-0.05, 0) is 80.3 Å². The second-order valence-electron chi connectivity index (χ2n) is 10.4. The third-order valence-electron chi connectivity index (χ3n) is 7.96. The van der Waals surface area contributed by atoms with Crippen molar-refractivity contribution in [3.8, 4) is 51.1 Å². The highest BCUT2D eigenvalue weighted by molar-refractivity contribution is 6.25. The van der Waals surface area contributed by atoms with Crippen LogP contribution in [-0.2, 0) is 0 Å². The van der Waals surface area contributed by atoms with E-state index in [1.807, 2.05) is 36.5 Å². The number of pyridine rings is 1. The molecule has 0 unspecified atom stereocenters. The van der Waals surface area contributed by atoms with Crippen molar-refractivity contribution in [3.63, 3.8) is 0 Å². The number of benzene rings is 6. The van der Waals surface area contributed by atoms with Crippen molar-refractivity contribution < 1.29 is 0 Å². The Hall–Kier alpha value is -5.92. The molecule has 0 amide bonds. The summed E-state index contributed by atoms with van der Waals surface area (Å²) in [6.07, 6.45) is 3.65. The molecule has 194 valence electrons. The predicted molar refractivity (Wildman–Crippen MR) is 170 cm³/mol. The average Bonchev–Trinajstić information content (AvgIpc) is 3.07. The molecule has 0 spiro atoms. The fourth-order valence-corrected chi connectivity index (χ4v) is 5.91. The van der Waals surface area contributed by atoms with Gasteiger partial charge in [0.15, 0.2) is 5.82 Å². The van der Waals surface area contributed by atoms with Gasteiger partial charge in [0.25, 0.3) is 0 Å². The van der Waals surface area contributed by atoms with Crippen molar-refractivity contribution >= 4 is 32.3 Å². The van der Waals surface area contributed by atoms with Crippen molar-refractivity contribution in [1.29, 1.82) is 5.26 Å². The van der Waals surface area contributed by atoms with E-state index in [2.05, 4.69) is 102 Å². The normalized spacial score (nSPS) is 11.3. The molecule has 0 saturated carbocycles. The van der Waals surface area contributed by atoms with Gasteiger partial charge in [0, 0.05) is 34.6 Å². The molecular weight excluding hydrogens is 512 g/mol. The maximum atomic E-state index is 9.34. The molecular formula is C38H22N4. The quantitative estimate of drug-likeness (QED) is 0.211. The lowest BCUT2D eigenvalue weighted by atomic mass is 9.91. The molecule has 4 nitrogen and oxygen atoms in total. The van der Waals surface area contributed by atoms with E-state index in [4.69, 9.17) is 9.97 Å². The van der Waals surface area contributed by atoms with Crippen LogP contribution >= 0.6 is 0 Å². The first-order valence-electron chi connectivity index (χ1n) is 13.8. The second kappa shape index (κ2) is 9.62. The maximum absolute atomic E-state index is 9.34. The van der Waals surface area contributed by atoms with Gasteiger partial charge in [-0.15, -0.1) is 0 Å². The lowest BCUT2D eigenvalue weighted by Crippen LogP contribution is -1.97. The molecule has 0 radical (unpaired) electrons. The van der Waals surface area contributed by atoms with Crippen molar-refractivity contribution in [3.05, 3.63) is 139 Å². The van der Waals surface area contributed by atoms with Gasteiger partial charge < -0.3 is 0 Å². The number of nitriles is 1. The predicted octanol–water partition coefficient (Wildman–Crippen LogP) is 9.31. The standard InChI is InChI=1S/C38H22N4/c39-22-24-9-11-28(12-10-24)38-41-34(30-7-2-6-29(20-30)31-8-3-19-40-23-31)21-35(42-38)32-17-15-27-14-13-25-4-1-5-26-16-18-33(32)37(27)36(25)26/h1-21,23H. The third kappa shape index (κ3) is 3.96. The van der Waals surface area contributed by atoms with Crippen LogP contribution in [0.4, 0.5) is 0 Å². The Balaban J connectivity index is 1.37. The zero-order chi connectivity index (χ0) is 28.0. The van der Waals surface area contributed by atoms with Crippen molar-refractivity contribution in [2.45, 2.75) is 0 Å². The highest BCUT2D eigenvalue weighted by atomic mass is 14.9. The largest absolute Gasteiger partial charge is 0.264 e. The minimum Gasteiger partial charge on any atom is -0.264 e. The molecule has 0 aliphatic heterocycles. The summed E-state index contributed by atoms with van der Waals surface area (Å²) in [6, 6.07) is 43.8. The fraction of sp³-hybridized carbons (Fsp3) is 0. The van der Waals surface area contributed by atoms with Crippen LogP contribution < -0.4 is 0 Å². The Morgan fingerprint density at radius 3 is 2.00 bits per heavy atom. The monoisotopic (exact) mass is 534 g/mol. The Morgan fingerprint density at radius 2 is 1.21 bits per heavy atom. The smallest absolute Gasteiger partial charge is 0.160 e. The van der Waals surface area contributed by atoms with Gasteiger partial charge in [-0.3, -0.25) is 4.98 Å². The lowest BCUT2D eigenvalue weighted by Gasteiger charge is -2.15. The zero-order valence-corrected chi connectivity index (χ0v) is 22.5. The van der Waals surface area contributed by atoms with Gasteiger partial charge in [0.2, 0.25) is 0 Å². The number of hydrogen-bond acceptors (Lipinski definition) is 4. The van der Waals surface area contributed by atoms with E-state index >= 15 is 0 Å². The van der Waals surface area contributed by atoms with Crippen LogP contribution in [0.25, 0.3) is 77.3 Å². The molecule has 0 bridgehead atoms. The molecule has 0 fully saturated rings. The van der Waals surface area contributed by atoms with E-state index in [9.17, 15) is 5.26 Å². The van der Waals surface area contributed by atoms with Gasteiger partial charge in [-0.2, -0.15) is 5.26 Å². The molecule has 0 aliphatic carbocycles. The Morgan fingerprint density at radius 1 is 0.524 bits per heavy atom. The van der Waals surface area contributed by atoms with Crippen LogP contribution in [0.2, 0.25) is 0 Å². The lowest BCUT2D eigenvalue weighted by molar-refractivity contribution is 1.18. The van der Waals surface area contributed by atoms with Gasteiger partial charge >= 0.3 is 0 Å². The van der Waals surface area contributed by atoms with Gasteiger partial charge in [-0.1, -0.05) is 78.9 Å². The van der Waals surface area contributed by atoms with Gasteiger partial charge in [0.05, 0.1) is 23.0 Å². The summed E-state index contributed by atoms with van der Waals surface area (Å²) in [4.78, 5) is 14.5. The first-order valence-corrected chi connectivity index (χ1v) is 13.8. The Labute approximate surface area is 242 Å². The summed E-state index contributed by atoms with van der Waals surface area (Å²) in [7, 11) is 0. The van der Waals surface area contributed by atoms with Crippen molar-refractivity contribution in [2.75, 3.05) is 0 Å². The molecule has 0 atom stereocenters. The highest BCUT2D eigenvalue weighted by Gasteiger charge is 2.16. The van der Waals surface area contributed by atoms with Crippen molar-refractivity contribution in [2.24, 2.45) is 0 Å². The van der Waals surface area contributed by atoms with Gasteiger partial charge in [0.1, 0.15) is 0 Å². The first kappa shape index (κ1) is 23.9. The molecule has 0 N–H and O–H groups in total. The van der Waals surface area contributed by atoms with E-state index in [-0.39, 0.29) is 0 Å². The molecule has 6 aromatic carbocycles. The van der Waals surface area contributed by atoms with Crippen LogP contribution in [-0.4, -0.2) is 15.0 Å². The molecule has 0 saturated heterocycles. The summed E-state index contributed by atoms with van der Waals surface area (Å²) < 4.78 is 0. The van der Waals surface area contributed by atoms with Crippen LogP contribution in [0.1, 0.15) is 5.56 Å². The summed E-state index contributed by atoms with van der Waals surface area (Å²) >= 11 is 0. The van der Waals surface area contributed by atoms with Crippen LogP contribution in [0, 0.1) is 11.3 Å². The number of hydrogen-bond donors (Lipinski definition) is 0. The Kier molecular flexibility index (Phi) is 5.48. The summed E-state index contributed by atoms with van der Waals surface area (Å²) in [5.74, 6) is 0.615. The highest BCUT2D eigenvalue weighted by Crippen LogP contribution is 2.40. The van der Waals surface area contributed by atoms with E-state index in [0.717, 1.165) is 44.6 Å².